The number of esters is 1. The number of likely N-dealkylation sites (tertiary alicyclic amines) is 2. The number of carbonyl (C=O) groups is 3. The first-order chi connectivity index (χ1) is 14.6. The van der Waals surface area contributed by atoms with E-state index in [0.717, 1.165) is 32.1 Å². The van der Waals surface area contributed by atoms with Crippen molar-refractivity contribution in [1.29, 1.82) is 0 Å². The third-order valence-electron chi connectivity index (χ3n) is 5.84. The Morgan fingerprint density at radius 1 is 1.13 bits per heavy atom. The summed E-state index contributed by atoms with van der Waals surface area (Å²) < 4.78 is 16.8. The average molecular weight is 441 g/mol. The summed E-state index contributed by atoms with van der Waals surface area (Å²) in [5.41, 5.74) is -1.56. The molecule has 2 heterocycles. The minimum atomic E-state index is -0.923. The molecule has 31 heavy (non-hydrogen) atoms. The van der Waals surface area contributed by atoms with E-state index < -0.39 is 35.3 Å². The Morgan fingerprint density at radius 3 is 2.35 bits per heavy atom. The van der Waals surface area contributed by atoms with Crippen LogP contribution in [0.4, 0.5) is 4.79 Å². The Hall–Kier alpha value is -1.83. The van der Waals surface area contributed by atoms with E-state index in [-0.39, 0.29) is 5.91 Å². The lowest BCUT2D eigenvalue weighted by Gasteiger charge is -2.53. The fourth-order valence-corrected chi connectivity index (χ4v) is 4.15. The smallest absolute Gasteiger partial charge is 0.411 e. The van der Waals surface area contributed by atoms with Gasteiger partial charge in [0.05, 0.1) is 19.3 Å². The molecule has 0 N–H and O–H groups in total. The van der Waals surface area contributed by atoms with Gasteiger partial charge in [0.15, 0.2) is 6.04 Å². The molecule has 2 rings (SSSR count). The van der Waals surface area contributed by atoms with Crippen molar-refractivity contribution in [3.05, 3.63) is 0 Å². The Balaban J connectivity index is 2.14. The number of carbonyl (C=O) groups excluding carboxylic acids is 3. The summed E-state index contributed by atoms with van der Waals surface area (Å²) in [6.07, 6.45) is 3.88. The monoisotopic (exact) mass is 440 g/mol. The predicted octanol–water partition coefficient (Wildman–Crippen LogP) is 3.52. The van der Waals surface area contributed by atoms with E-state index in [1.165, 1.54) is 4.90 Å². The quantitative estimate of drug-likeness (QED) is 0.294. The van der Waals surface area contributed by atoms with Gasteiger partial charge < -0.3 is 19.1 Å². The molecule has 2 aliphatic rings. The summed E-state index contributed by atoms with van der Waals surface area (Å²) in [6.45, 7) is 12.9. The third-order valence-corrected chi connectivity index (χ3v) is 5.84. The SMILES string of the molecule is CCCCOC(=O)[C@H]([C@@H](C)OCCCC)N1C[C@@]2(CCCN2C(=O)OC(C)(C)C)C1=O. The molecule has 0 bridgehead atoms. The zero-order valence-electron chi connectivity index (χ0n) is 20.1. The summed E-state index contributed by atoms with van der Waals surface area (Å²) in [6, 6.07) is -0.812. The maximum atomic E-state index is 13.4. The first-order valence-corrected chi connectivity index (χ1v) is 11.7. The van der Waals surface area contributed by atoms with E-state index in [9.17, 15) is 14.4 Å². The minimum Gasteiger partial charge on any atom is -0.464 e. The number of rotatable bonds is 10. The second-order valence-electron chi connectivity index (χ2n) is 9.60. The molecule has 0 unspecified atom stereocenters. The lowest BCUT2D eigenvalue weighted by atomic mass is 9.83. The van der Waals surface area contributed by atoms with Crippen LogP contribution in [0.25, 0.3) is 0 Å². The van der Waals surface area contributed by atoms with Crippen molar-refractivity contribution in [1.82, 2.24) is 9.80 Å². The van der Waals surface area contributed by atoms with Crippen molar-refractivity contribution in [3.63, 3.8) is 0 Å². The first kappa shape index (κ1) is 25.4. The van der Waals surface area contributed by atoms with Gasteiger partial charge in [-0.3, -0.25) is 9.69 Å². The van der Waals surface area contributed by atoms with Crippen LogP contribution >= 0.6 is 0 Å². The van der Waals surface area contributed by atoms with Crippen molar-refractivity contribution >= 4 is 18.0 Å². The largest absolute Gasteiger partial charge is 0.464 e. The number of amides is 2. The van der Waals surface area contributed by atoms with Gasteiger partial charge in [-0.25, -0.2) is 9.59 Å². The van der Waals surface area contributed by atoms with Crippen LogP contribution in [0.3, 0.4) is 0 Å². The molecule has 0 aliphatic carbocycles. The van der Waals surface area contributed by atoms with Crippen LogP contribution in [-0.2, 0) is 23.8 Å². The molecular formula is C23H40N2O6. The van der Waals surface area contributed by atoms with Crippen LogP contribution in [0.1, 0.15) is 80.1 Å². The van der Waals surface area contributed by atoms with E-state index >= 15 is 0 Å². The highest BCUT2D eigenvalue weighted by Gasteiger charge is 2.63. The van der Waals surface area contributed by atoms with Gasteiger partial charge in [-0.05, 0) is 53.4 Å². The topological polar surface area (TPSA) is 85.4 Å². The van der Waals surface area contributed by atoms with E-state index in [1.807, 2.05) is 6.92 Å². The van der Waals surface area contributed by atoms with Crippen LogP contribution in [0.5, 0.6) is 0 Å². The highest BCUT2D eigenvalue weighted by atomic mass is 16.6. The Kier molecular flexibility index (Phi) is 8.74. The highest BCUT2D eigenvalue weighted by Crippen LogP contribution is 2.41. The zero-order chi connectivity index (χ0) is 23.2. The summed E-state index contributed by atoms with van der Waals surface area (Å²) in [5, 5.41) is 0. The fourth-order valence-electron chi connectivity index (χ4n) is 4.15. The molecule has 2 aliphatic heterocycles. The van der Waals surface area contributed by atoms with E-state index in [2.05, 4.69) is 6.92 Å². The molecule has 1 spiro atoms. The van der Waals surface area contributed by atoms with E-state index in [4.69, 9.17) is 14.2 Å². The molecular weight excluding hydrogens is 400 g/mol. The average Bonchev–Trinajstić information content (AvgIpc) is 3.13. The Labute approximate surface area is 186 Å². The van der Waals surface area contributed by atoms with Gasteiger partial charge in [0.1, 0.15) is 11.1 Å². The molecule has 8 heteroatoms. The van der Waals surface area contributed by atoms with Gasteiger partial charge in [-0.2, -0.15) is 0 Å². The normalized spacial score (nSPS) is 23.0. The fraction of sp³-hybridized carbons (Fsp3) is 0.870. The van der Waals surface area contributed by atoms with Crippen LogP contribution < -0.4 is 0 Å². The molecule has 3 atom stereocenters. The molecule has 2 amide bonds. The Bertz CT molecular complexity index is 646. The van der Waals surface area contributed by atoms with E-state index in [1.54, 1.807) is 32.6 Å². The lowest BCUT2D eigenvalue weighted by molar-refractivity contribution is -0.181. The van der Waals surface area contributed by atoms with Crippen molar-refractivity contribution < 1.29 is 28.6 Å². The van der Waals surface area contributed by atoms with Crippen molar-refractivity contribution in [2.45, 2.75) is 103 Å². The maximum absolute atomic E-state index is 13.4. The van der Waals surface area contributed by atoms with Crippen molar-refractivity contribution in [3.8, 4) is 0 Å². The van der Waals surface area contributed by atoms with Crippen molar-refractivity contribution in [2.24, 2.45) is 0 Å². The molecule has 178 valence electrons. The number of nitrogens with zero attached hydrogens (tertiary/aromatic N) is 2. The zero-order valence-corrected chi connectivity index (χ0v) is 20.1. The van der Waals surface area contributed by atoms with Gasteiger partial charge in [-0.1, -0.05) is 26.7 Å². The molecule has 0 saturated carbocycles. The van der Waals surface area contributed by atoms with Gasteiger partial charge in [0, 0.05) is 13.2 Å². The van der Waals surface area contributed by atoms with Gasteiger partial charge >= 0.3 is 12.1 Å². The number of unbranched alkanes of at least 4 members (excludes halogenated alkanes) is 2. The third kappa shape index (κ3) is 5.90. The molecule has 0 radical (unpaired) electrons. The first-order valence-electron chi connectivity index (χ1n) is 11.7. The predicted molar refractivity (Wildman–Crippen MR) is 117 cm³/mol. The standard InChI is InChI=1S/C23H40N2O6/c1-7-9-14-29-17(3)18(19(26)30-15-10-8-2)24-16-23(20(24)27)12-11-13-25(23)21(28)31-22(4,5)6/h17-18H,7-16H2,1-6H3/t17-,18+,23+/m1/s1. The highest BCUT2D eigenvalue weighted by molar-refractivity contribution is 5.99. The van der Waals surface area contributed by atoms with E-state index in [0.29, 0.717) is 32.7 Å². The number of ether oxygens (including phenoxy) is 3. The molecule has 0 aromatic rings. The second kappa shape index (κ2) is 10.7. The molecule has 0 aromatic heterocycles. The van der Waals surface area contributed by atoms with Gasteiger partial charge in [-0.15, -0.1) is 0 Å². The number of hydrogen-bond acceptors (Lipinski definition) is 6. The lowest BCUT2D eigenvalue weighted by Crippen LogP contribution is -2.76. The second-order valence-corrected chi connectivity index (χ2v) is 9.60. The summed E-state index contributed by atoms with van der Waals surface area (Å²) in [7, 11) is 0. The maximum Gasteiger partial charge on any atom is 0.411 e. The van der Waals surface area contributed by atoms with Gasteiger partial charge in [0.2, 0.25) is 0 Å². The van der Waals surface area contributed by atoms with Gasteiger partial charge in [0.25, 0.3) is 5.91 Å². The summed E-state index contributed by atoms with van der Waals surface area (Å²) >= 11 is 0. The van der Waals surface area contributed by atoms with Crippen LogP contribution in [-0.4, -0.2) is 77.4 Å². The summed E-state index contributed by atoms with van der Waals surface area (Å²) in [5.74, 6) is -0.665. The van der Waals surface area contributed by atoms with Crippen LogP contribution in [0, 0.1) is 0 Å². The molecule has 2 fully saturated rings. The summed E-state index contributed by atoms with van der Waals surface area (Å²) in [4.78, 5) is 42.1. The molecule has 0 aromatic carbocycles. The van der Waals surface area contributed by atoms with Crippen LogP contribution in [0.15, 0.2) is 0 Å². The van der Waals surface area contributed by atoms with Crippen LogP contribution in [0.2, 0.25) is 0 Å². The minimum absolute atomic E-state index is 0.223. The molecule has 8 nitrogen and oxygen atoms in total. The number of hydrogen-bond donors (Lipinski definition) is 0. The Morgan fingerprint density at radius 2 is 1.77 bits per heavy atom. The molecule has 2 saturated heterocycles. The number of β-lactam (4-membered cyclic amide) rings is 1. The van der Waals surface area contributed by atoms with Crippen molar-refractivity contribution in [2.75, 3.05) is 26.3 Å².